The van der Waals surface area contributed by atoms with E-state index in [2.05, 4.69) is 42.8 Å². The maximum absolute atomic E-state index is 8.74. The predicted molar refractivity (Wildman–Crippen MR) is 90.7 cm³/mol. The number of piperidine rings is 1. The summed E-state index contributed by atoms with van der Waals surface area (Å²) in [7, 11) is 0. The van der Waals surface area contributed by atoms with Crippen molar-refractivity contribution in [3.63, 3.8) is 0 Å². The minimum atomic E-state index is 0.279. The van der Waals surface area contributed by atoms with Gasteiger partial charge >= 0.3 is 0 Å². The molecule has 1 fully saturated rings. The Balaban J connectivity index is 1.63. The molecule has 3 N–H and O–H groups in total. The molecule has 2 aromatic heterocycles. The Labute approximate surface area is 140 Å². The molecule has 1 aliphatic heterocycles. The van der Waals surface area contributed by atoms with Crippen LogP contribution in [0.2, 0.25) is 0 Å². The Morgan fingerprint density at radius 1 is 1.12 bits per heavy atom. The van der Waals surface area contributed by atoms with Crippen LogP contribution in [-0.2, 0) is 0 Å². The Morgan fingerprint density at radius 2 is 1.92 bits per heavy atom. The van der Waals surface area contributed by atoms with Crippen molar-refractivity contribution in [2.45, 2.75) is 25.8 Å². The predicted octanol–water partition coefficient (Wildman–Crippen LogP) is 1.68. The molecule has 3 heterocycles. The average Bonchev–Trinajstić information content (AvgIpc) is 2.63. The summed E-state index contributed by atoms with van der Waals surface area (Å²) in [5.41, 5.74) is 0.279. The molecule has 8 nitrogen and oxygen atoms in total. The van der Waals surface area contributed by atoms with E-state index in [1.54, 1.807) is 0 Å². The summed E-state index contributed by atoms with van der Waals surface area (Å²) >= 11 is 0. The molecule has 0 radical (unpaired) electrons. The van der Waals surface area contributed by atoms with Gasteiger partial charge in [-0.3, -0.25) is 0 Å². The number of hydrogen-bond donors (Lipinski definition) is 3. The SMILES string of the molecule is CC(Nc1cc(Nc2cnc(C#N)cn2)ncn1)C1CCNCC1. The molecule has 1 unspecified atom stereocenters. The van der Waals surface area contributed by atoms with Crippen LogP contribution in [0.4, 0.5) is 17.5 Å². The number of aromatic nitrogens is 4. The van der Waals surface area contributed by atoms with Crippen LogP contribution in [0.1, 0.15) is 25.5 Å². The van der Waals surface area contributed by atoms with Gasteiger partial charge in [0.25, 0.3) is 0 Å². The van der Waals surface area contributed by atoms with Crippen LogP contribution in [0.15, 0.2) is 24.8 Å². The molecule has 3 rings (SSSR count). The van der Waals surface area contributed by atoms with E-state index in [9.17, 15) is 0 Å². The number of nitrogens with one attached hydrogen (secondary N) is 3. The van der Waals surface area contributed by atoms with Crippen molar-refractivity contribution >= 4 is 17.5 Å². The maximum Gasteiger partial charge on any atom is 0.158 e. The third kappa shape index (κ3) is 4.14. The Morgan fingerprint density at radius 3 is 2.62 bits per heavy atom. The van der Waals surface area contributed by atoms with Crippen molar-refractivity contribution in [2.75, 3.05) is 23.7 Å². The van der Waals surface area contributed by atoms with Gasteiger partial charge in [0.15, 0.2) is 5.69 Å². The molecule has 2 aromatic rings. The van der Waals surface area contributed by atoms with Crippen LogP contribution in [0.5, 0.6) is 0 Å². The summed E-state index contributed by atoms with van der Waals surface area (Å²) < 4.78 is 0. The molecule has 0 bridgehead atoms. The standard InChI is InChI=1S/C16H20N8/c1-11(12-2-4-18-5-3-12)23-14-6-15(22-10-21-14)24-16-9-19-13(7-17)8-20-16/h6,8-12,18H,2-5H2,1H3,(H2,20,21,22,23,24). The molecule has 24 heavy (non-hydrogen) atoms. The second-order valence-corrected chi connectivity index (χ2v) is 5.83. The molecular formula is C16H20N8. The number of anilines is 3. The fourth-order valence-corrected chi connectivity index (χ4v) is 2.78. The highest BCUT2D eigenvalue weighted by molar-refractivity contribution is 5.55. The van der Waals surface area contributed by atoms with E-state index < -0.39 is 0 Å². The molecule has 124 valence electrons. The van der Waals surface area contributed by atoms with Crippen LogP contribution >= 0.6 is 0 Å². The molecular weight excluding hydrogens is 304 g/mol. The van der Waals surface area contributed by atoms with Crippen molar-refractivity contribution in [1.82, 2.24) is 25.3 Å². The highest BCUT2D eigenvalue weighted by Crippen LogP contribution is 2.20. The average molecular weight is 324 g/mol. The van der Waals surface area contributed by atoms with Crippen LogP contribution in [0, 0.1) is 17.2 Å². The molecule has 0 spiro atoms. The van der Waals surface area contributed by atoms with Gasteiger partial charge in [0.05, 0.1) is 12.4 Å². The lowest BCUT2D eigenvalue weighted by Gasteiger charge is -2.29. The number of nitriles is 1. The molecule has 0 aromatic carbocycles. The van der Waals surface area contributed by atoms with Crippen molar-refractivity contribution in [2.24, 2.45) is 5.92 Å². The van der Waals surface area contributed by atoms with Gasteiger partial charge in [0, 0.05) is 12.1 Å². The first-order valence-corrected chi connectivity index (χ1v) is 8.03. The summed E-state index contributed by atoms with van der Waals surface area (Å²) in [5.74, 6) is 2.58. The van der Waals surface area contributed by atoms with Gasteiger partial charge in [-0.05, 0) is 38.8 Å². The van der Waals surface area contributed by atoms with Crippen molar-refractivity contribution in [1.29, 1.82) is 5.26 Å². The smallest absolute Gasteiger partial charge is 0.158 e. The summed E-state index contributed by atoms with van der Waals surface area (Å²) in [5, 5.41) is 18.6. The zero-order valence-corrected chi connectivity index (χ0v) is 13.5. The molecule has 0 aliphatic carbocycles. The topological polar surface area (TPSA) is 111 Å². The van der Waals surface area contributed by atoms with Gasteiger partial charge in [-0.15, -0.1) is 0 Å². The van der Waals surface area contributed by atoms with E-state index in [-0.39, 0.29) is 5.69 Å². The number of rotatable bonds is 5. The number of hydrogen-bond acceptors (Lipinski definition) is 8. The Hall–Kier alpha value is -2.79. The van der Waals surface area contributed by atoms with Crippen LogP contribution < -0.4 is 16.0 Å². The van der Waals surface area contributed by atoms with Gasteiger partial charge in [-0.2, -0.15) is 5.26 Å². The lowest BCUT2D eigenvalue weighted by Crippen LogP contribution is -2.36. The third-order valence-electron chi connectivity index (χ3n) is 4.16. The molecule has 0 saturated carbocycles. The minimum Gasteiger partial charge on any atom is -0.367 e. The second-order valence-electron chi connectivity index (χ2n) is 5.83. The zero-order valence-electron chi connectivity index (χ0n) is 13.5. The molecule has 1 atom stereocenters. The van der Waals surface area contributed by atoms with E-state index in [1.165, 1.54) is 31.6 Å². The van der Waals surface area contributed by atoms with E-state index in [1.807, 2.05) is 12.1 Å². The van der Waals surface area contributed by atoms with E-state index >= 15 is 0 Å². The quantitative estimate of drug-likeness (QED) is 0.761. The monoisotopic (exact) mass is 324 g/mol. The Kier molecular flexibility index (Phi) is 5.13. The lowest BCUT2D eigenvalue weighted by molar-refractivity contribution is 0.342. The molecule has 0 amide bonds. The van der Waals surface area contributed by atoms with E-state index in [0.29, 0.717) is 23.6 Å². The van der Waals surface area contributed by atoms with E-state index in [0.717, 1.165) is 18.9 Å². The normalized spacial score (nSPS) is 16.2. The molecule has 8 heteroatoms. The first kappa shape index (κ1) is 16.1. The van der Waals surface area contributed by atoms with E-state index in [4.69, 9.17) is 5.26 Å². The van der Waals surface area contributed by atoms with Crippen LogP contribution in [0.25, 0.3) is 0 Å². The minimum absolute atomic E-state index is 0.279. The lowest BCUT2D eigenvalue weighted by atomic mass is 9.91. The fourth-order valence-electron chi connectivity index (χ4n) is 2.78. The van der Waals surface area contributed by atoms with Crippen molar-refractivity contribution in [3.05, 3.63) is 30.5 Å². The van der Waals surface area contributed by atoms with Gasteiger partial charge in [-0.1, -0.05) is 0 Å². The third-order valence-corrected chi connectivity index (χ3v) is 4.16. The molecule has 1 aliphatic rings. The van der Waals surface area contributed by atoms with Gasteiger partial charge < -0.3 is 16.0 Å². The highest BCUT2D eigenvalue weighted by atomic mass is 15.1. The first-order chi connectivity index (χ1) is 11.7. The second kappa shape index (κ2) is 7.66. The molecule has 1 saturated heterocycles. The zero-order chi connectivity index (χ0) is 16.8. The largest absolute Gasteiger partial charge is 0.367 e. The van der Waals surface area contributed by atoms with Gasteiger partial charge in [0.2, 0.25) is 0 Å². The highest BCUT2D eigenvalue weighted by Gasteiger charge is 2.20. The first-order valence-electron chi connectivity index (χ1n) is 8.03. The number of nitrogens with zero attached hydrogens (tertiary/aromatic N) is 5. The summed E-state index contributed by atoms with van der Waals surface area (Å²) in [4.78, 5) is 16.6. The van der Waals surface area contributed by atoms with Crippen molar-refractivity contribution < 1.29 is 0 Å². The van der Waals surface area contributed by atoms with Gasteiger partial charge in [0.1, 0.15) is 29.9 Å². The summed E-state index contributed by atoms with van der Waals surface area (Å²) in [6, 6.07) is 4.13. The van der Waals surface area contributed by atoms with Crippen molar-refractivity contribution in [3.8, 4) is 6.07 Å². The van der Waals surface area contributed by atoms with Crippen LogP contribution in [0.3, 0.4) is 0 Å². The summed E-state index contributed by atoms with van der Waals surface area (Å²) in [6.07, 6.45) is 6.78. The Bertz CT molecular complexity index is 703. The summed E-state index contributed by atoms with van der Waals surface area (Å²) in [6.45, 7) is 4.34. The van der Waals surface area contributed by atoms with Gasteiger partial charge in [-0.25, -0.2) is 19.9 Å². The van der Waals surface area contributed by atoms with Crippen LogP contribution in [-0.4, -0.2) is 39.1 Å². The maximum atomic E-state index is 8.74. The fraction of sp³-hybridized carbons (Fsp3) is 0.438.